The molecule has 2 N–H and O–H groups in total. The minimum atomic E-state index is -0.390. The number of ether oxygens (including phenoxy) is 2. The van der Waals surface area contributed by atoms with Crippen molar-refractivity contribution in [2.45, 2.75) is 32.8 Å². The Morgan fingerprint density at radius 2 is 2.14 bits per heavy atom. The van der Waals surface area contributed by atoms with E-state index in [0.29, 0.717) is 77.6 Å². The number of benzene rings is 1. The summed E-state index contributed by atoms with van der Waals surface area (Å²) in [6, 6.07) is 5.19. The summed E-state index contributed by atoms with van der Waals surface area (Å²) in [5.41, 5.74) is 2.27. The molecular formula is C25H30ClN5O4. The number of carbonyl (C=O) groups is 2. The van der Waals surface area contributed by atoms with Gasteiger partial charge in [-0.2, -0.15) is 0 Å². The summed E-state index contributed by atoms with van der Waals surface area (Å²) in [6.07, 6.45) is 4.56. The Balaban J connectivity index is 1.50. The molecule has 1 aromatic heterocycles. The molecule has 2 aromatic rings. The van der Waals surface area contributed by atoms with Gasteiger partial charge in [0.25, 0.3) is 5.91 Å². The van der Waals surface area contributed by atoms with E-state index >= 15 is 0 Å². The highest BCUT2D eigenvalue weighted by molar-refractivity contribution is 6.34. The number of fused-ring (bicyclic) bond motifs is 1. The molecule has 4 rings (SSSR count). The number of amides is 1. The number of anilines is 3. The second-order valence-electron chi connectivity index (χ2n) is 9.03. The van der Waals surface area contributed by atoms with Crippen molar-refractivity contribution in [1.82, 2.24) is 14.9 Å². The second kappa shape index (κ2) is 11.0. The monoisotopic (exact) mass is 499 g/mol. The summed E-state index contributed by atoms with van der Waals surface area (Å²) >= 11 is 6.52. The van der Waals surface area contributed by atoms with Gasteiger partial charge >= 0.3 is 5.97 Å². The summed E-state index contributed by atoms with van der Waals surface area (Å²) in [5.74, 6) is 1.08. The van der Waals surface area contributed by atoms with Crippen LogP contribution in [0.2, 0.25) is 5.02 Å². The van der Waals surface area contributed by atoms with Crippen molar-refractivity contribution >= 4 is 46.9 Å². The Bertz CT molecular complexity index is 1140. The fraction of sp³-hybridized carbons (Fsp3) is 0.440. The Kier molecular flexibility index (Phi) is 7.87. The molecule has 3 heterocycles. The van der Waals surface area contributed by atoms with Gasteiger partial charge < -0.3 is 25.0 Å². The van der Waals surface area contributed by atoms with Crippen LogP contribution < -0.4 is 10.6 Å². The number of esters is 1. The minimum absolute atomic E-state index is 0.0608. The average molecular weight is 500 g/mol. The van der Waals surface area contributed by atoms with Gasteiger partial charge in [-0.3, -0.25) is 4.79 Å². The van der Waals surface area contributed by atoms with Crippen LogP contribution in [0.5, 0.6) is 0 Å². The first kappa shape index (κ1) is 24.9. The molecule has 2 aliphatic heterocycles. The van der Waals surface area contributed by atoms with Crippen LogP contribution in [0.25, 0.3) is 6.08 Å². The van der Waals surface area contributed by atoms with E-state index in [1.165, 1.54) is 13.4 Å². The molecule has 1 atom stereocenters. The maximum absolute atomic E-state index is 13.1. The average Bonchev–Trinajstić information content (AvgIpc) is 3.21. The zero-order valence-corrected chi connectivity index (χ0v) is 20.9. The lowest BCUT2D eigenvalue weighted by atomic mass is 10.1. The van der Waals surface area contributed by atoms with E-state index < -0.39 is 0 Å². The second-order valence-corrected chi connectivity index (χ2v) is 9.44. The van der Waals surface area contributed by atoms with Crippen molar-refractivity contribution in [3.63, 3.8) is 0 Å². The lowest BCUT2D eigenvalue weighted by Gasteiger charge is -2.18. The molecule has 1 fully saturated rings. The molecule has 1 amide bonds. The van der Waals surface area contributed by atoms with Crippen LogP contribution in [0, 0.1) is 5.92 Å². The van der Waals surface area contributed by atoms with E-state index in [2.05, 4.69) is 34.4 Å². The van der Waals surface area contributed by atoms with Crippen molar-refractivity contribution in [2.75, 3.05) is 44.0 Å². The first-order valence-corrected chi connectivity index (χ1v) is 12.1. The smallest absolute Gasteiger partial charge is 0.333 e. The maximum atomic E-state index is 13.1. The molecule has 35 heavy (non-hydrogen) atoms. The maximum Gasteiger partial charge on any atom is 0.333 e. The largest absolute Gasteiger partial charge is 0.466 e. The predicted octanol–water partition coefficient (Wildman–Crippen LogP) is 4.13. The van der Waals surface area contributed by atoms with Gasteiger partial charge in [0.2, 0.25) is 0 Å². The normalized spacial score (nSPS) is 17.3. The third-order valence-electron chi connectivity index (χ3n) is 5.90. The summed E-state index contributed by atoms with van der Waals surface area (Å²) in [6.45, 7) is 6.66. The highest BCUT2D eigenvalue weighted by atomic mass is 35.5. The molecule has 0 aliphatic carbocycles. The molecule has 0 saturated carbocycles. The molecule has 1 aromatic carbocycles. The van der Waals surface area contributed by atoms with Gasteiger partial charge in [-0.25, -0.2) is 14.8 Å². The molecule has 9 nitrogen and oxygen atoms in total. The van der Waals surface area contributed by atoms with E-state index in [4.69, 9.17) is 21.1 Å². The number of rotatable bonds is 7. The van der Waals surface area contributed by atoms with Crippen LogP contribution in [0.15, 0.2) is 30.1 Å². The lowest BCUT2D eigenvalue weighted by Crippen LogP contribution is -2.30. The summed E-state index contributed by atoms with van der Waals surface area (Å²) in [5, 5.41) is 6.78. The zero-order valence-electron chi connectivity index (χ0n) is 20.1. The number of hydrogen-bond acceptors (Lipinski definition) is 8. The quantitative estimate of drug-likeness (QED) is 0.548. The van der Waals surface area contributed by atoms with Crippen LogP contribution in [-0.4, -0.2) is 66.2 Å². The Morgan fingerprint density at radius 1 is 1.31 bits per heavy atom. The molecule has 10 heteroatoms. The number of carbonyl (C=O) groups excluding carboxylic acids is 2. The molecule has 0 spiro atoms. The van der Waals surface area contributed by atoms with E-state index in [1.807, 2.05) is 0 Å². The van der Waals surface area contributed by atoms with Crippen molar-refractivity contribution in [2.24, 2.45) is 5.92 Å². The van der Waals surface area contributed by atoms with Gasteiger partial charge in [0, 0.05) is 37.5 Å². The van der Waals surface area contributed by atoms with Crippen LogP contribution in [0.1, 0.15) is 42.6 Å². The number of likely N-dealkylation sites (tertiary alicyclic amines) is 1. The van der Waals surface area contributed by atoms with Gasteiger partial charge in [-0.05, 0) is 43.0 Å². The lowest BCUT2D eigenvalue weighted by molar-refractivity contribution is -0.136. The minimum Gasteiger partial charge on any atom is -0.466 e. The first-order valence-electron chi connectivity index (χ1n) is 11.7. The summed E-state index contributed by atoms with van der Waals surface area (Å²) < 4.78 is 10.8. The highest BCUT2D eigenvalue weighted by Crippen LogP contribution is 2.31. The third kappa shape index (κ3) is 5.91. The molecule has 0 unspecified atom stereocenters. The van der Waals surface area contributed by atoms with Crippen LogP contribution in [-0.2, 0) is 14.3 Å². The highest BCUT2D eigenvalue weighted by Gasteiger charge is 2.29. The number of nitrogens with zero attached hydrogens (tertiary/aromatic N) is 3. The number of aromatic nitrogens is 2. The van der Waals surface area contributed by atoms with Gasteiger partial charge in [0.1, 0.15) is 18.0 Å². The van der Waals surface area contributed by atoms with E-state index in [0.717, 1.165) is 6.42 Å². The summed E-state index contributed by atoms with van der Waals surface area (Å²) in [7, 11) is 1.36. The third-order valence-corrected chi connectivity index (χ3v) is 6.21. The molecule has 2 aliphatic rings. The molecule has 0 bridgehead atoms. The van der Waals surface area contributed by atoms with Gasteiger partial charge in [-0.1, -0.05) is 25.4 Å². The van der Waals surface area contributed by atoms with Crippen LogP contribution >= 0.6 is 11.6 Å². The van der Waals surface area contributed by atoms with Crippen molar-refractivity contribution in [3.8, 4) is 0 Å². The molecule has 0 radical (unpaired) electrons. The van der Waals surface area contributed by atoms with E-state index in [-0.39, 0.29) is 18.0 Å². The zero-order chi connectivity index (χ0) is 24.9. The van der Waals surface area contributed by atoms with E-state index in [9.17, 15) is 9.59 Å². The fourth-order valence-electron chi connectivity index (χ4n) is 4.08. The first-order chi connectivity index (χ1) is 16.9. The number of hydrogen-bond donors (Lipinski definition) is 2. The molecule has 1 saturated heterocycles. The van der Waals surface area contributed by atoms with Gasteiger partial charge in [0.05, 0.1) is 29.4 Å². The van der Waals surface area contributed by atoms with Crippen molar-refractivity contribution < 1.29 is 19.1 Å². The van der Waals surface area contributed by atoms with Gasteiger partial charge in [0.15, 0.2) is 0 Å². The number of halogens is 1. The van der Waals surface area contributed by atoms with Crippen LogP contribution in [0.3, 0.4) is 0 Å². The molecular weight excluding hydrogens is 470 g/mol. The van der Waals surface area contributed by atoms with Crippen molar-refractivity contribution in [1.29, 1.82) is 0 Å². The predicted molar refractivity (Wildman–Crippen MR) is 135 cm³/mol. The van der Waals surface area contributed by atoms with Crippen molar-refractivity contribution in [3.05, 3.63) is 46.2 Å². The Morgan fingerprint density at radius 3 is 2.89 bits per heavy atom. The van der Waals surface area contributed by atoms with E-state index in [1.54, 1.807) is 29.2 Å². The fourth-order valence-corrected chi connectivity index (χ4v) is 4.34. The Labute approximate surface area is 209 Å². The number of methoxy groups -OCH3 is 1. The Hall–Kier alpha value is -3.17. The SMILES string of the molecule is COC(=O)C1=Cc2c(ncnc2Nc2ccc(C(=O)N3CC[C@H](OCC(C)C)C3)c(Cl)c2)NCC1. The summed E-state index contributed by atoms with van der Waals surface area (Å²) in [4.78, 5) is 35.6. The van der Waals surface area contributed by atoms with Crippen LogP contribution in [0.4, 0.5) is 17.3 Å². The topological polar surface area (TPSA) is 106 Å². The van der Waals surface area contributed by atoms with Gasteiger partial charge in [-0.15, -0.1) is 0 Å². The number of nitrogens with one attached hydrogen (secondary N) is 2. The standard InChI is InChI=1S/C25H30ClN5O4/c1-15(2)13-35-18-7-9-31(12-18)24(32)19-5-4-17(11-21(19)26)30-23-20-10-16(25(33)34-3)6-8-27-22(20)28-14-29-23/h4-5,10-11,14-15,18H,6-9,12-13H2,1-3H3,(H2,27,28,29,30)/t18-/m0/s1. The molecule has 186 valence electrons.